The first-order chi connectivity index (χ1) is 10.9. The lowest BCUT2D eigenvalue weighted by molar-refractivity contribution is -0.114. The van der Waals surface area contributed by atoms with E-state index in [0.717, 1.165) is 5.56 Å². The van der Waals surface area contributed by atoms with E-state index in [1.807, 2.05) is 6.92 Å². The molecular formula is C18H19FN2O2. The van der Waals surface area contributed by atoms with Crippen molar-refractivity contribution in [1.82, 2.24) is 4.90 Å². The molecule has 5 heteroatoms. The van der Waals surface area contributed by atoms with Gasteiger partial charge < -0.3 is 10.2 Å². The average Bonchev–Trinajstić information content (AvgIpc) is 2.53. The normalized spacial score (nSPS) is 11.7. The summed E-state index contributed by atoms with van der Waals surface area (Å²) >= 11 is 0. The van der Waals surface area contributed by atoms with Crippen molar-refractivity contribution in [1.29, 1.82) is 0 Å². The first-order valence-electron chi connectivity index (χ1n) is 7.29. The van der Waals surface area contributed by atoms with Gasteiger partial charge in [0.2, 0.25) is 5.91 Å². The number of anilines is 1. The van der Waals surface area contributed by atoms with E-state index in [4.69, 9.17) is 0 Å². The molecule has 1 N–H and O–H groups in total. The van der Waals surface area contributed by atoms with Crippen molar-refractivity contribution in [3.8, 4) is 0 Å². The molecule has 2 rings (SSSR count). The van der Waals surface area contributed by atoms with Crippen LogP contribution in [-0.4, -0.2) is 23.8 Å². The molecule has 0 aliphatic carbocycles. The fourth-order valence-electron chi connectivity index (χ4n) is 2.28. The largest absolute Gasteiger partial charge is 0.335 e. The van der Waals surface area contributed by atoms with E-state index >= 15 is 0 Å². The number of rotatable bonds is 4. The minimum Gasteiger partial charge on any atom is -0.335 e. The van der Waals surface area contributed by atoms with Gasteiger partial charge >= 0.3 is 0 Å². The number of carbonyl (C=O) groups is 2. The molecule has 0 heterocycles. The van der Waals surface area contributed by atoms with Gasteiger partial charge in [0.15, 0.2) is 0 Å². The highest BCUT2D eigenvalue weighted by molar-refractivity contribution is 5.96. The third-order valence-corrected chi connectivity index (χ3v) is 3.68. The zero-order valence-electron chi connectivity index (χ0n) is 13.3. The summed E-state index contributed by atoms with van der Waals surface area (Å²) in [5, 5.41) is 2.65. The number of hydrogen-bond acceptors (Lipinski definition) is 2. The Morgan fingerprint density at radius 1 is 1.13 bits per heavy atom. The molecule has 0 saturated carbocycles. The molecule has 0 aromatic heterocycles. The molecule has 0 spiro atoms. The van der Waals surface area contributed by atoms with Gasteiger partial charge in [0.25, 0.3) is 5.91 Å². The molecule has 2 amide bonds. The molecule has 0 aliphatic heterocycles. The fraction of sp³-hybridized carbons (Fsp3) is 0.222. The number of halogens is 1. The monoisotopic (exact) mass is 314 g/mol. The smallest absolute Gasteiger partial charge is 0.254 e. The predicted octanol–water partition coefficient (Wildman–Crippen LogP) is 3.62. The molecule has 23 heavy (non-hydrogen) atoms. The summed E-state index contributed by atoms with van der Waals surface area (Å²) < 4.78 is 13.0. The topological polar surface area (TPSA) is 49.4 Å². The molecule has 2 aromatic carbocycles. The van der Waals surface area contributed by atoms with Crippen LogP contribution in [0.4, 0.5) is 10.1 Å². The van der Waals surface area contributed by atoms with Crippen LogP contribution in [0.5, 0.6) is 0 Å². The van der Waals surface area contributed by atoms with E-state index in [1.54, 1.807) is 48.3 Å². The number of amides is 2. The van der Waals surface area contributed by atoms with Gasteiger partial charge in [-0.25, -0.2) is 4.39 Å². The Morgan fingerprint density at radius 2 is 1.78 bits per heavy atom. The van der Waals surface area contributed by atoms with Gasteiger partial charge in [-0.1, -0.05) is 18.2 Å². The van der Waals surface area contributed by atoms with Gasteiger partial charge in [-0.2, -0.15) is 0 Å². The van der Waals surface area contributed by atoms with Crippen LogP contribution in [0.2, 0.25) is 0 Å². The molecule has 1 unspecified atom stereocenters. The van der Waals surface area contributed by atoms with Gasteiger partial charge in [-0.15, -0.1) is 0 Å². The van der Waals surface area contributed by atoms with E-state index < -0.39 is 0 Å². The van der Waals surface area contributed by atoms with Crippen LogP contribution in [0, 0.1) is 5.82 Å². The number of nitrogens with one attached hydrogen (secondary N) is 1. The quantitative estimate of drug-likeness (QED) is 0.937. The van der Waals surface area contributed by atoms with Crippen molar-refractivity contribution >= 4 is 17.5 Å². The summed E-state index contributed by atoms with van der Waals surface area (Å²) in [7, 11) is 1.70. The van der Waals surface area contributed by atoms with Gasteiger partial charge in [0, 0.05) is 25.2 Å². The van der Waals surface area contributed by atoms with Crippen LogP contribution in [0.1, 0.15) is 35.8 Å². The molecule has 0 radical (unpaired) electrons. The molecule has 120 valence electrons. The van der Waals surface area contributed by atoms with E-state index in [9.17, 15) is 14.0 Å². The summed E-state index contributed by atoms with van der Waals surface area (Å²) in [6.07, 6.45) is 0. The van der Waals surface area contributed by atoms with Gasteiger partial charge in [0.05, 0.1) is 6.04 Å². The van der Waals surface area contributed by atoms with E-state index in [-0.39, 0.29) is 23.7 Å². The number of nitrogens with zero attached hydrogens (tertiary/aromatic N) is 1. The molecule has 2 aromatic rings. The zero-order chi connectivity index (χ0) is 17.0. The first kappa shape index (κ1) is 16.7. The van der Waals surface area contributed by atoms with Crippen molar-refractivity contribution in [2.75, 3.05) is 12.4 Å². The highest BCUT2D eigenvalue weighted by Gasteiger charge is 2.19. The Bertz CT molecular complexity index is 713. The fourth-order valence-corrected chi connectivity index (χ4v) is 2.28. The average molecular weight is 314 g/mol. The standard InChI is InChI=1S/C18H19FN2O2/c1-12(14-7-9-16(19)10-8-14)21(3)18(23)15-5-4-6-17(11-15)20-13(2)22/h4-12H,1-3H3,(H,20,22). The van der Waals surface area contributed by atoms with Crippen LogP contribution < -0.4 is 5.32 Å². The second-order valence-corrected chi connectivity index (χ2v) is 5.41. The second-order valence-electron chi connectivity index (χ2n) is 5.41. The lowest BCUT2D eigenvalue weighted by Gasteiger charge is -2.25. The Hall–Kier alpha value is -2.69. The third kappa shape index (κ3) is 4.16. The SMILES string of the molecule is CC(=O)Nc1cccc(C(=O)N(C)C(C)c2ccc(F)cc2)c1. The Kier molecular flexibility index (Phi) is 5.11. The van der Waals surface area contributed by atoms with Crippen LogP contribution in [0.25, 0.3) is 0 Å². The highest BCUT2D eigenvalue weighted by Crippen LogP contribution is 2.22. The van der Waals surface area contributed by atoms with Gasteiger partial charge in [-0.3, -0.25) is 9.59 Å². The van der Waals surface area contributed by atoms with Crippen LogP contribution in [0.15, 0.2) is 48.5 Å². The maximum Gasteiger partial charge on any atom is 0.254 e. The molecule has 1 atom stereocenters. The summed E-state index contributed by atoms with van der Waals surface area (Å²) in [6, 6.07) is 12.7. The lowest BCUT2D eigenvalue weighted by Crippen LogP contribution is -2.29. The zero-order valence-corrected chi connectivity index (χ0v) is 13.3. The molecule has 4 nitrogen and oxygen atoms in total. The van der Waals surface area contributed by atoms with Crippen molar-refractivity contribution in [3.05, 3.63) is 65.5 Å². The minimum atomic E-state index is -0.307. The summed E-state index contributed by atoms with van der Waals surface area (Å²) in [4.78, 5) is 25.3. The summed E-state index contributed by atoms with van der Waals surface area (Å²) in [5.41, 5.74) is 1.90. The summed E-state index contributed by atoms with van der Waals surface area (Å²) in [5.74, 6) is -0.672. The number of benzene rings is 2. The van der Waals surface area contributed by atoms with E-state index in [0.29, 0.717) is 11.3 Å². The van der Waals surface area contributed by atoms with Crippen molar-refractivity contribution in [2.45, 2.75) is 19.9 Å². The second kappa shape index (κ2) is 7.05. The highest BCUT2D eigenvalue weighted by atomic mass is 19.1. The van der Waals surface area contributed by atoms with Crippen molar-refractivity contribution in [3.63, 3.8) is 0 Å². The third-order valence-electron chi connectivity index (χ3n) is 3.68. The van der Waals surface area contributed by atoms with Crippen LogP contribution >= 0.6 is 0 Å². The predicted molar refractivity (Wildman–Crippen MR) is 87.7 cm³/mol. The van der Waals surface area contributed by atoms with Crippen molar-refractivity contribution < 1.29 is 14.0 Å². The molecule has 0 fully saturated rings. The Labute approximate surface area is 134 Å². The van der Waals surface area contributed by atoms with Crippen molar-refractivity contribution in [2.24, 2.45) is 0 Å². The minimum absolute atomic E-state index is 0.172. The van der Waals surface area contributed by atoms with Gasteiger partial charge in [-0.05, 0) is 42.8 Å². The Morgan fingerprint density at radius 3 is 2.39 bits per heavy atom. The molecule has 0 bridgehead atoms. The molecule has 0 aliphatic rings. The number of carbonyl (C=O) groups excluding carboxylic acids is 2. The number of hydrogen-bond donors (Lipinski definition) is 1. The van der Waals surface area contributed by atoms with Crippen LogP contribution in [0.3, 0.4) is 0 Å². The molecular weight excluding hydrogens is 295 g/mol. The summed E-state index contributed by atoms with van der Waals surface area (Å²) in [6.45, 7) is 3.29. The lowest BCUT2D eigenvalue weighted by atomic mass is 10.1. The first-order valence-corrected chi connectivity index (χ1v) is 7.29. The maximum absolute atomic E-state index is 13.0. The maximum atomic E-state index is 13.0. The van der Waals surface area contributed by atoms with E-state index in [2.05, 4.69) is 5.32 Å². The molecule has 0 saturated heterocycles. The van der Waals surface area contributed by atoms with Gasteiger partial charge in [0.1, 0.15) is 5.82 Å². The van der Waals surface area contributed by atoms with E-state index in [1.165, 1.54) is 19.1 Å². The van der Waals surface area contributed by atoms with Crippen LogP contribution in [-0.2, 0) is 4.79 Å². The Balaban J connectivity index is 2.18.